The van der Waals surface area contributed by atoms with Crippen molar-refractivity contribution in [2.75, 3.05) is 17.7 Å². The lowest BCUT2D eigenvalue weighted by Gasteiger charge is -2.52. The molecule has 1 aromatic rings. The molecule has 5 heteroatoms. The summed E-state index contributed by atoms with van der Waals surface area (Å²) in [5.41, 5.74) is 7.04. The molecule has 2 rings (SSSR count). The molecule has 118 valence electrons. The minimum absolute atomic E-state index is 0.0974. The summed E-state index contributed by atoms with van der Waals surface area (Å²) in [6, 6.07) is 0.349. The summed E-state index contributed by atoms with van der Waals surface area (Å²) in [7, 11) is 0. The van der Waals surface area contributed by atoms with Crippen LogP contribution < -0.4 is 11.1 Å². The molecule has 0 radical (unpaired) electrons. The van der Waals surface area contributed by atoms with Crippen LogP contribution in [-0.2, 0) is 4.74 Å². The predicted octanol–water partition coefficient (Wildman–Crippen LogP) is 3.11. The fraction of sp³-hybridized carbons (Fsp3) is 0.750. The Morgan fingerprint density at radius 2 is 2.05 bits per heavy atom. The zero-order valence-electron chi connectivity index (χ0n) is 14.0. The van der Waals surface area contributed by atoms with E-state index in [0.717, 1.165) is 30.2 Å². The summed E-state index contributed by atoms with van der Waals surface area (Å²) in [6.07, 6.45) is 1.31. The average molecular weight is 292 g/mol. The number of rotatable bonds is 5. The molecule has 1 aromatic heterocycles. The number of hydrogen-bond donors (Lipinski definition) is 2. The molecule has 0 bridgehead atoms. The zero-order chi connectivity index (χ0) is 15.8. The van der Waals surface area contributed by atoms with Crippen molar-refractivity contribution < 1.29 is 4.74 Å². The van der Waals surface area contributed by atoms with Crippen LogP contribution in [0.1, 0.15) is 58.3 Å². The molecule has 1 fully saturated rings. The minimum atomic E-state index is 0.0974. The van der Waals surface area contributed by atoms with Gasteiger partial charge >= 0.3 is 0 Å². The topological polar surface area (TPSA) is 73.1 Å². The van der Waals surface area contributed by atoms with Gasteiger partial charge in [0.2, 0.25) is 0 Å². The first-order chi connectivity index (χ1) is 9.77. The molecular weight excluding hydrogens is 264 g/mol. The molecule has 0 saturated heterocycles. The van der Waals surface area contributed by atoms with Gasteiger partial charge in [0, 0.05) is 29.5 Å². The van der Waals surface area contributed by atoms with Gasteiger partial charge in [-0.1, -0.05) is 27.7 Å². The Balaban J connectivity index is 2.17. The SMILES string of the molecule is CCOC1CC(Nc2nc(C(C)C)nc(N)c2C)C1(C)C. The summed E-state index contributed by atoms with van der Waals surface area (Å²) in [5, 5.41) is 3.55. The molecule has 1 aliphatic carbocycles. The van der Waals surface area contributed by atoms with E-state index >= 15 is 0 Å². The Hall–Kier alpha value is -1.36. The van der Waals surface area contributed by atoms with Crippen LogP contribution in [-0.4, -0.2) is 28.7 Å². The van der Waals surface area contributed by atoms with Gasteiger partial charge in [-0.2, -0.15) is 0 Å². The van der Waals surface area contributed by atoms with Crippen molar-refractivity contribution >= 4 is 11.6 Å². The van der Waals surface area contributed by atoms with Crippen LogP contribution in [0.4, 0.5) is 11.6 Å². The van der Waals surface area contributed by atoms with E-state index in [9.17, 15) is 0 Å². The molecule has 2 atom stereocenters. The number of nitrogens with one attached hydrogen (secondary N) is 1. The maximum atomic E-state index is 6.02. The Bertz CT molecular complexity index is 513. The highest BCUT2D eigenvalue weighted by atomic mass is 16.5. The number of nitrogens with two attached hydrogens (primary N) is 1. The fourth-order valence-electron chi connectivity index (χ4n) is 2.73. The number of aromatic nitrogens is 2. The van der Waals surface area contributed by atoms with Crippen molar-refractivity contribution in [3.8, 4) is 0 Å². The number of hydrogen-bond acceptors (Lipinski definition) is 5. The van der Waals surface area contributed by atoms with Crippen molar-refractivity contribution in [2.45, 2.75) is 66.0 Å². The first-order valence-corrected chi connectivity index (χ1v) is 7.79. The van der Waals surface area contributed by atoms with Gasteiger partial charge < -0.3 is 15.8 Å². The fourth-order valence-corrected chi connectivity index (χ4v) is 2.73. The van der Waals surface area contributed by atoms with E-state index in [2.05, 4.69) is 43.0 Å². The van der Waals surface area contributed by atoms with Gasteiger partial charge in [-0.25, -0.2) is 9.97 Å². The van der Waals surface area contributed by atoms with Gasteiger partial charge in [-0.3, -0.25) is 0 Å². The summed E-state index contributed by atoms with van der Waals surface area (Å²) in [4.78, 5) is 9.01. The molecule has 3 N–H and O–H groups in total. The highest BCUT2D eigenvalue weighted by molar-refractivity contribution is 5.56. The maximum absolute atomic E-state index is 6.02. The number of nitrogens with zero attached hydrogens (tertiary/aromatic N) is 2. The smallest absolute Gasteiger partial charge is 0.135 e. The van der Waals surface area contributed by atoms with Gasteiger partial charge in [0.25, 0.3) is 0 Å². The second kappa shape index (κ2) is 5.79. The lowest BCUT2D eigenvalue weighted by atomic mass is 9.64. The molecule has 1 aliphatic rings. The second-order valence-corrected chi connectivity index (χ2v) is 6.79. The Morgan fingerprint density at radius 1 is 1.38 bits per heavy atom. The van der Waals surface area contributed by atoms with Crippen LogP contribution >= 0.6 is 0 Å². The van der Waals surface area contributed by atoms with Crippen molar-refractivity contribution in [1.29, 1.82) is 0 Å². The van der Waals surface area contributed by atoms with E-state index < -0.39 is 0 Å². The molecule has 0 aliphatic heterocycles. The van der Waals surface area contributed by atoms with Gasteiger partial charge in [-0.05, 0) is 20.3 Å². The lowest BCUT2D eigenvalue weighted by molar-refractivity contribution is -0.0976. The molecule has 5 nitrogen and oxygen atoms in total. The Labute approximate surface area is 127 Å². The van der Waals surface area contributed by atoms with Crippen LogP contribution in [0, 0.1) is 12.3 Å². The maximum Gasteiger partial charge on any atom is 0.135 e. The predicted molar refractivity (Wildman–Crippen MR) is 86.5 cm³/mol. The highest BCUT2D eigenvalue weighted by Gasteiger charge is 2.49. The van der Waals surface area contributed by atoms with E-state index in [4.69, 9.17) is 10.5 Å². The Kier molecular flexibility index (Phi) is 4.42. The van der Waals surface area contributed by atoms with Crippen LogP contribution in [0.5, 0.6) is 0 Å². The molecule has 2 unspecified atom stereocenters. The molecule has 1 saturated carbocycles. The van der Waals surface area contributed by atoms with Crippen LogP contribution in [0.3, 0.4) is 0 Å². The number of ether oxygens (including phenoxy) is 1. The third-order valence-corrected chi connectivity index (χ3v) is 4.57. The van der Waals surface area contributed by atoms with Gasteiger partial charge in [0.05, 0.1) is 6.10 Å². The molecule has 0 spiro atoms. The molecule has 1 heterocycles. The van der Waals surface area contributed by atoms with Crippen molar-refractivity contribution in [2.24, 2.45) is 5.41 Å². The minimum Gasteiger partial charge on any atom is -0.383 e. The highest BCUT2D eigenvalue weighted by Crippen LogP contribution is 2.44. The summed E-state index contributed by atoms with van der Waals surface area (Å²) < 4.78 is 5.78. The molecule has 21 heavy (non-hydrogen) atoms. The van der Waals surface area contributed by atoms with Crippen molar-refractivity contribution in [1.82, 2.24) is 9.97 Å². The number of nitrogen functional groups attached to an aromatic ring is 1. The van der Waals surface area contributed by atoms with E-state index in [0.29, 0.717) is 18.0 Å². The summed E-state index contributed by atoms with van der Waals surface area (Å²) in [5.74, 6) is 2.48. The third kappa shape index (κ3) is 2.98. The van der Waals surface area contributed by atoms with Crippen LogP contribution in [0.15, 0.2) is 0 Å². The first kappa shape index (κ1) is 16.0. The standard InChI is InChI=1S/C16H28N4O/c1-7-21-12-8-11(16(12,5)6)18-15-10(4)13(17)19-14(20-15)9(2)3/h9,11-12H,7-8H2,1-6H3,(H3,17,18,19,20). The normalized spacial score (nSPS) is 24.0. The quantitative estimate of drug-likeness (QED) is 0.872. The second-order valence-electron chi connectivity index (χ2n) is 6.79. The zero-order valence-corrected chi connectivity index (χ0v) is 14.0. The lowest BCUT2D eigenvalue weighted by Crippen LogP contribution is -2.58. The summed E-state index contributed by atoms with van der Waals surface area (Å²) in [6.45, 7) is 13.4. The van der Waals surface area contributed by atoms with E-state index in [1.165, 1.54) is 0 Å². The van der Waals surface area contributed by atoms with Crippen molar-refractivity contribution in [3.05, 3.63) is 11.4 Å². The summed E-state index contributed by atoms with van der Waals surface area (Å²) >= 11 is 0. The van der Waals surface area contributed by atoms with Gasteiger partial charge in [0.1, 0.15) is 17.5 Å². The Morgan fingerprint density at radius 3 is 2.57 bits per heavy atom. The molecule has 0 amide bonds. The van der Waals surface area contributed by atoms with E-state index in [1.54, 1.807) is 0 Å². The third-order valence-electron chi connectivity index (χ3n) is 4.57. The average Bonchev–Trinajstić information content (AvgIpc) is 2.41. The number of anilines is 2. The van der Waals surface area contributed by atoms with Crippen LogP contribution in [0.2, 0.25) is 0 Å². The largest absolute Gasteiger partial charge is 0.383 e. The molecule has 0 aromatic carbocycles. The van der Waals surface area contributed by atoms with Crippen LogP contribution in [0.25, 0.3) is 0 Å². The van der Waals surface area contributed by atoms with Gasteiger partial charge in [-0.15, -0.1) is 0 Å². The first-order valence-electron chi connectivity index (χ1n) is 7.79. The van der Waals surface area contributed by atoms with E-state index in [-0.39, 0.29) is 11.3 Å². The van der Waals surface area contributed by atoms with E-state index in [1.807, 2.05) is 13.8 Å². The van der Waals surface area contributed by atoms with Crippen molar-refractivity contribution in [3.63, 3.8) is 0 Å². The molecular formula is C16H28N4O. The van der Waals surface area contributed by atoms with Gasteiger partial charge in [0.15, 0.2) is 0 Å². The monoisotopic (exact) mass is 292 g/mol.